The van der Waals surface area contributed by atoms with Gasteiger partial charge in [0.2, 0.25) is 5.91 Å². The van der Waals surface area contributed by atoms with Crippen molar-refractivity contribution < 1.29 is 22.8 Å². The molecule has 4 rings (SSSR count). The summed E-state index contributed by atoms with van der Waals surface area (Å²) in [4.78, 5) is 37.5. The molecule has 0 bridgehead atoms. The van der Waals surface area contributed by atoms with Gasteiger partial charge in [-0.3, -0.25) is 14.4 Å². The van der Waals surface area contributed by atoms with Crippen LogP contribution >= 0.6 is 11.3 Å². The summed E-state index contributed by atoms with van der Waals surface area (Å²) < 4.78 is 25.0. The smallest absolute Gasteiger partial charge is 0.263 e. The third-order valence-electron chi connectivity index (χ3n) is 5.30. The Bertz CT molecular complexity index is 1200. The first-order valence-corrected chi connectivity index (χ1v) is 12.4. The van der Waals surface area contributed by atoms with Crippen molar-refractivity contribution in [1.29, 1.82) is 0 Å². The number of thiophene rings is 1. The number of fused-ring (bicyclic) bond motifs is 3. The summed E-state index contributed by atoms with van der Waals surface area (Å²) in [5, 5.41) is 12.2. The van der Waals surface area contributed by atoms with Gasteiger partial charge >= 0.3 is 0 Å². The van der Waals surface area contributed by atoms with E-state index in [4.69, 9.17) is 0 Å². The van der Waals surface area contributed by atoms with E-state index in [-0.39, 0.29) is 23.5 Å². The Balaban J connectivity index is 1.60. The molecule has 0 aliphatic carbocycles. The molecule has 2 aromatic rings. The van der Waals surface area contributed by atoms with Crippen molar-refractivity contribution in [2.45, 2.75) is 25.0 Å². The maximum absolute atomic E-state index is 12.9. The molecule has 4 N–H and O–H groups in total. The SMILES string of the molecule is C=CC(=O)N[C@@H]1CS(=O)(=O)C[C@@H]1NC(=O)c1ccc2sc3c(c2c1)NC[C@@H](C)NC3=O. The van der Waals surface area contributed by atoms with E-state index in [1.807, 2.05) is 6.92 Å². The van der Waals surface area contributed by atoms with Crippen molar-refractivity contribution in [3.8, 4) is 0 Å². The predicted octanol–water partition coefficient (Wildman–Crippen LogP) is 0.643. The normalized spacial score (nSPS) is 24.4. The first-order valence-electron chi connectivity index (χ1n) is 9.72. The quantitative estimate of drug-likeness (QED) is 0.493. The molecule has 0 unspecified atom stereocenters. The number of hydrogen-bond acceptors (Lipinski definition) is 7. The zero-order valence-corrected chi connectivity index (χ0v) is 18.4. The summed E-state index contributed by atoms with van der Waals surface area (Å²) in [5.74, 6) is -1.60. The summed E-state index contributed by atoms with van der Waals surface area (Å²) >= 11 is 1.34. The number of nitrogens with one attached hydrogen (secondary N) is 4. The second-order valence-electron chi connectivity index (χ2n) is 7.75. The average Bonchev–Trinajstić information content (AvgIpc) is 3.17. The number of amides is 3. The van der Waals surface area contributed by atoms with E-state index in [1.165, 1.54) is 11.3 Å². The molecule has 31 heavy (non-hydrogen) atoms. The highest BCUT2D eigenvalue weighted by Gasteiger charge is 2.39. The van der Waals surface area contributed by atoms with Gasteiger partial charge in [-0.2, -0.15) is 0 Å². The maximum Gasteiger partial charge on any atom is 0.263 e. The average molecular weight is 463 g/mol. The summed E-state index contributed by atoms with van der Waals surface area (Å²) in [7, 11) is -3.40. The molecule has 0 saturated carbocycles. The minimum atomic E-state index is -3.40. The minimum Gasteiger partial charge on any atom is -0.381 e. The number of benzene rings is 1. The highest BCUT2D eigenvalue weighted by atomic mass is 32.2. The van der Waals surface area contributed by atoms with Gasteiger partial charge in [-0.25, -0.2) is 8.42 Å². The van der Waals surface area contributed by atoms with E-state index < -0.39 is 33.7 Å². The van der Waals surface area contributed by atoms with Crippen molar-refractivity contribution in [3.63, 3.8) is 0 Å². The van der Waals surface area contributed by atoms with Crippen LogP contribution in [0, 0.1) is 0 Å². The minimum absolute atomic E-state index is 0.0272. The summed E-state index contributed by atoms with van der Waals surface area (Å²) in [6, 6.07) is 3.59. The van der Waals surface area contributed by atoms with Gasteiger partial charge in [0, 0.05) is 28.2 Å². The fourth-order valence-electron chi connectivity index (χ4n) is 3.80. The van der Waals surface area contributed by atoms with Crippen LogP contribution in [0.15, 0.2) is 30.9 Å². The van der Waals surface area contributed by atoms with Crippen LogP contribution in [0.4, 0.5) is 5.69 Å². The lowest BCUT2D eigenvalue weighted by molar-refractivity contribution is -0.117. The van der Waals surface area contributed by atoms with Gasteiger partial charge in [0.25, 0.3) is 11.8 Å². The summed E-state index contributed by atoms with van der Waals surface area (Å²) in [6.07, 6.45) is 1.06. The number of sulfone groups is 1. The first kappa shape index (κ1) is 21.3. The molecule has 2 aliphatic rings. The van der Waals surface area contributed by atoms with E-state index >= 15 is 0 Å². The molecular weight excluding hydrogens is 440 g/mol. The van der Waals surface area contributed by atoms with Crippen molar-refractivity contribution in [1.82, 2.24) is 16.0 Å². The molecule has 3 atom stereocenters. The Morgan fingerprint density at radius 2 is 1.94 bits per heavy atom. The van der Waals surface area contributed by atoms with Crippen molar-refractivity contribution >= 4 is 54.7 Å². The van der Waals surface area contributed by atoms with Crippen LogP contribution in [0.5, 0.6) is 0 Å². The first-order chi connectivity index (χ1) is 14.7. The molecule has 0 radical (unpaired) electrons. The Kier molecular flexibility index (Phi) is 5.48. The van der Waals surface area contributed by atoms with E-state index in [2.05, 4.69) is 27.8 Å². The number of rotatable bonds is 4. The molecule has 1 aromatic heterocycles. The fraction of sp³-hybridized carbons (Fsp3) is 0.350. The van der Waals surface area contributed by atoms with Crippen LogP contribution in [-0.4, -0.2) is 62.3 Å². The van der Waals surface area contributed by atoms with Crippen LogP contribution in [0.1, 0.15) is 27.0 Å². The van der Waals surface area contributed by atoms with Gasteiger partial charge in [-0.15, -0.1) is 11.3 Å². The lowest BCUT2D eigenvalue weighted by Gasteiger charge is -2.20. The van der Waals surface area contributed by atoms with E-state index in [1.54, 1.807) is 18.2 Å². The fourth-order valence-corrected chi connectivity index (χ4v) is 6.72. The van der Waals surface area contributed by atoms with Gasteiger partial charge in [-0.05, 0) is 31.2 Å². The van der Waals surface area contributed by atoms with Gasteiger partial charge in [-0.1, -0.05) is 6.58 Å². The molecular formula is C20H22N4O5S2. The van der Waals surface area contributed by atoms with Crippen LogP contribution in [0.3, 0.4) is 0 Å². The second kappa shape index (κ2) is 7.97. The van der Waals surface area contributed by atoms with E-state index in [9.17, 15) is 22.8 Å². The Hall–Kier alpha value is -2.92. The monoisotopic (exact) mass is 462 g/mol. The molecule has 3 amide bonds. The van der Waals surface area contributed by atoms with Gasteiger partial charge < -0.3 is 21.3 Å². The van der Waals surface area contributed by atoms with Crippen molar-refractivity contribution in [3.05, 3.63) is 41.3 Å². The van der Waals surface area contributed by atoms with Gasteiger partial charge in [0.05, 0.1) is 29.3 Å². The lowest BCUT2D eigenvalue weighted by Crippen LogP contribution is -2.50. The molecule has 11 heteroatoms. The molecule has 1 fully saturated rings. The number of carbonyl (C=O) groups excluding carboxylic acids is 3. The zero-order chi connectivity index (χ0) is 22.3. The Morgan fingerprint density at radius 1 is 1.23 bits per heavy atom. The second-order valence-corrected chi connectivity index (χ2v) is 11.0. The standard InChI is InChI=1S/C20H22N4O5S2/c1-3-16(25)23-13-8-31(28,29)9-14(13)24-19(26)11-4-5-15-12(6-11)17-18(30-15)20(27)22-10(2)7-21-17/h3-6,10,13-14,21H,1,7-9H2,2H3,(H,22,27)(H,23,25)(H,24,26)/t10-,13-,14+/m1/s1. The number of anilines is 1. The van der Waals surface area contributed by atoms with Crippen LogP contribution < -0.4 is 21.3 Å². The molecule has 9 nitrogen and oxygen atoms in total. The molecule has 164 valence electrons. The molecule has 2 aliphatic heterocycles. The largest absolute Gasteiger partial charge is 0.381 e. The molecule has 0 spiro atoms. The van der Waals surface area contributed by atoms with Gasteiger partial charge in [0.1, 0.15) is 4.88 Å². The van der Waals surface area contributed by atoms with Crippen molar-refractivity contribution in [2.75, 3.05) is 23.4 Å². The van der Waals surface area contributed by atoms with Crippen LogP contribution in [0.25, 0.3) is 10.1 Å². The highest BCUT2D eigenvalue weighted by molar-refractivity contribution is 7.91. The molecule has 3 heterocycles. The van der Waals surface area contributed by atoms with Crippen LogP contribution in [0.2, 0.25) is 0 Å². The van der Waals surface area contributed by atoms with Crippen LogP contribution in [-0.2, 0) is 14.6 Å². The lowest BCUT2D eigenvalue weighted by atomic mass is 10.1. The third kappa shape index (κ3) is 4.28. The summed E-state index contributed by atoms with van der Waals surface area (Å²) in [6.45, 7) is 5.83. The third-order valence-corrected chi connectivity index (χ3v) is 8.20. The molecule has 1 aromatic carbocycles. The topological polar surface area (TPSA) is 133 Å². The van der Waals surface area contributed by atoms with Gasteiger partial charge in [0.15, 0.2) is 9.84 Å². The predicted molar refractivity (Wildman–Crippen MR) is 119 cm³/mol. The zero-order valence-electron chi connectivity index (χ0n) is 16.7. The number of carbonyl (C=O) groups is 3. The summed E-state index contributed by atoms with van der Waals surface area (Å²) in [5.41, 5.74) is 1.03. The molecule has 1 saturated heterocycles. The van der Waals surface area contributed by atoms with E-state index in [0.717, 1.165) is 16.2 Å². The number of hydrogen-bond donors (Lipinski definition) is 4. The Morgan fingerprint density at radius 3 is 2.65 bits per heavy atom. The highest BCUT2D eigenvalue weighted by Crippen LogP contribution is 2.37. The van der Waals surface area contributed by atoms with E-state index in [0.29, 0.717) is 22.7 Å². The maximum atomic E-state index is 12.9. The Labute approximate surface area is 183 Å². The van der Waals surface area contributed by atoms with Crippen molar-refractivity contribution in [2.24, 2.45) is 0 Å².